The second-order valence-electron chi connectivity index (χ2n) is 7.30. The van der Waals surface area contributed by atoms with E-state index < -0.39 is 23.1 Å². The molecule has 34 heavy (non-hydrogen) atoms. The van der Waals surface area contributed by atoms with Crippen LogP contribution in [0.15, 0.2) is 48.7 Å². The van der Waals surface area contributed by atoms with Gasteiger partial charge in [0.1, 0.15) is 0 Å². The SMILES string of the molecule is O=C1NCCc2[nH]c(-c3ccnc(-c4cccc(NC(=O)C(Br)OC(=O)C(F)(F)F)c4)c3)cc21. The first-order chi connectivity index (χ1) is 16.1. The van der Waals surface area contributed by atoms with Gasteiger partial charge < -0.3 is 20.4 Å². The smallest absolute Gasteiger partial charge is 0.434 e. The molecule has 0 spiro atoms. The summed E-state index contributed by atoms with van der Waals surface area (Å²) in [6.07, 6.45) is -2.92. The lowest BCUT2D eigenvalue weighted by atomic mass is 10.1. The Balaban J connectivity index is 1.52. The summed E-state index contributed by atoms with van der Waals surface area (Å²) in [6.45, 7) is 0.566. The number of benzene rings is 1. The van der Waals surface area contributed by atoms with Gasteiger partial charge in [-0.3, -0.25) is 14.6 Å². The number of nitrogens with one attached hydrogen (secondary N) is 3. The molecule has 1 unspecified atom stereocenters. The average Bonchev–Trinajstić information content (AvgIpc) is 3.24. The molecular formula is C22H16BrF3N4O4. The summed E-state index contributed by atoms with van der Waals surface area (Å²) in [7, 11) is 0. The van der Waals surface area contributed by atoms with Crippen molar-refractivity contribution in [1.82, 2.24) is 15.3 Å². The van der Waals surface area contributed by atoms with Crippen molar-refractivity contribution in [3.63, 3.8) is 0 Å². The molecule has 0 fully saturated rings. The zero-order valence-electron chi connectivity index (χ0n) is 17.2. The van der Waals surface area contributed by atoms with Crippen LogP contribution < -0.4 is 10.6 Å². The molecule has 1 aliphatic rings. The van der Waals surface area contributed by atoms with Crippen molar-refractivity contribution in [1.29, 1.82) is 0 Å². The monoisotopic (exact) mass is 536 g/mol. The van der Waals surface area contributed by atoms with Crippen LogP contribution in [0.25, 0.3) is 22.5 Å². The van der Waals surface area contributed by atoms with Gasteiger partial charge in [0.05, 0.1) is 11.3 Å². The van der Waals surface area contributed by atoms with E-state index in [4.69, 9.17) is 0 Å². The van der Waals surface area contributed by atoms with Crippen LogP contribution in [-0.2, 0) is 20.7 Å². The predicted molar refractivity (Wildman–Crippen MR) is 119 cm³/mol. The number of carbonyl (C=O) groups excluding carboxylic acids is 3. The van der Waals surface area contributed by atoms with Gasteiger partial charge in [0.2, 0.25) is 5.01 Å². The zero-order chi connectivity index (χ0) is 24.5. The Morgan fingerprint density at radius 3 is 2.68 bits per heavy atom. The summed E-state index contributed by atoms with van der Waals surface area (Å²) in [5.74, 6) is -3.61. The molecule has 1 aromatic carbocycles. The number of anilines is 1. The minimum atomic E-state index is -5.22. The Bertz CT molecular complexity index is 1280. The number of alkyl halides is 4. The number of nitrogens with zero attached hydrogens (tertiary/aromatic N) is 1. The molecule has 8 nitrogen and oxygen atoms in total. The van der Waals surface area contributed by atoms with Crippen molar-refractivity contribution in [3.05, 3.63) is 59.9 Å². The zero-order valence-corrected chi connectivity index (χ0v) is 18.8. The van der Waals surface area contributed by atoms with Gasteiger partial charge in [-0.1, -0.05) is 12.1 Å². The van der Waals surface area contributed by atoms with Crippen molar-refractivity contribution in [3.8, 4) is 22.5 Å². The van der Waals surface area contributed by atoms with E-state index in [1.54, 1.807) is 42.6 Å². The van der Waals surface area contributed by atoms with E-state index in [0.717, 1.165) is 17.0 Å². The van der Waals surface area contributed by atoms with E-state index in [0.29, 0.717) is 29.8 Å². The van der Waals surface area contributed by atoms with Gasteiger partial charge in [0.15, 0.2) is 0 Å². The third-order valence-electron chi connectivity index (χ3n) is 4.95. The minimum absolute atomic E-state index is 0.132. The molecule has 0 bridgehead atoms. The van der Waals surface area contributed by atoms with Crippen LogP contribution in [0.3, 0.4) is 0 Å². The van der Waals surface area contributed by atoms with Crippen LogP contribution in [0.1, 0.15) is 16.1 Å². The van der Waals surface area contributed by atoms with E-state index in [1.807, 2.05) is 0 Å². The van der Waals surface area contributed by atoms with Crippen LogP contribution in [-0.4, -0.2) is 45.5 Å². The predicted octanol–water partition coefficient (Wildman–Crippen LogP) is 3.79. The quantitative estimate of drug-likeness (QED) is 0.339. The Labute approximate surface area is 199 Å². The van der Waals surface area contributed by atoms with Gasteiger partial charge in [-0.05, 0) is 46.3 Å². The third kappa shape index (κ3) is 5.11. The van der Waals surface area contributed by atoms with Gasteiger partial charge in [0.25, 0.3) is 11.8 Å². The van der Waals surface area contributed by atoms with Gasteiger partial charge in [-0.25, -0.2) is 4.79 Å². The summed E-state index contributed by atoms with van der Waals surface area (Å²) in [5.41, 5.74) is 4.44. The Morgan fingerprint density at radius 2 is 1.94 bits per heavy atom. The number of aromatic amines is 1. The molecular weight excluding hydrogens is 521 g/mol. The summed E-state index contributed by atoms with van der Waals surface area (Å²) in [4.78, 5) is 42.7. The van der Waals surface area contributed by atoms with E-state index in [-0.39, 0.29) is 11.6 Å². The molecule has 2 amide bonds. The van der Waals surface area contributed by atoms with E-state index >= 15 is 0 Å². The number of esters is 1. The van der Waals surface area contributed by atoms with Gasteiger partial charge in [-0.15, -0.1) is 0 Å². The van der Waals surface area contributed by atoms with E-state index in [9.17, 15) is 27.6 Å². The number of H-pyrrole nitrogens is 1. The highest BCUT2D eigenvalue weighted by Gasteiger charge is 2.43. The largest absolute Gasteiger partial charge is 0.490 e. The molecule has 0 saturated heterocycles. The molecule has 3 aromatic rings. The van der Waals surface area contributed by atoms with Gasteiger partial charge in [-0.2, -0.15) is 13.2 Å². The number of fused-ring (bicyclic) bond motifs is 1. The number of hydrogen-bond donors (Lipinski definition) is 3. The molecule has 0 radical (unpaired) electrons. The highest BCUT2D eigenvalue weighted by molar-refractivity contribution is 9.09. The maximum atomic E-state index is 12.3. The number of halogens is 4. The molecule has 4 rings (SSSR count). The minimum Gasteiger partial charge on any atom is -0.434 e. The third-order valence-corrected chi connectivity index (χ3v) is 5.55. The fraction of sp³-hybridized carbons (Fsp3) is 0.182. The molecule has 12 heteroatoms. The van der Waals surface area contributed by atoms with Crippen molar-refractivity contribution >= 4 is 39.4 Å². The summed E-state index contributed by atoms with van der Waals surface area (Å²) < 4.78 is 41.0. The standard InChI is InChI=1S/C22H16BrF3N4O4/c23-18(34-21(33)22(24,25)26)20(32)29-13-3-1-2-11(8-13)16-9-12(4-6-27-16)17-10-14-15(30-17)5-7-28-19(14)31/h1-4,6,8-10,18,30H,5,7H2,(H,28,31)(H,29,32). The Morgan fingerprint density at radius 1 is 1.15 bits per heavy atom. The first-order valence-corrected chi connectivity index (χ1v) is 10.8. The van der Waals surface area contributed by atoms with E-state index in [2.05, 4.69) is 41.3 Å². The first kappa shape index (κ1) is 23.5. The fourth-order valence-corrected chi connectivity index (χ4v) is 3.66. The topological polar surface area (TPSA) is 113 Å². The van der Waals surface area contributed by atoms with Crippen LogP contribution in [0.5, 0.6) is 0 Å². The Hall–Kier alpha value is -3.67. The number of ether oxygens (including phenoxy) is 1. The van der Waals surface area contributed by atoms with Gasteiger partial charge in [0, 0.05) is 47.4 Å². The maximum absolute atomic E-state index is 12.3. The second kappa shape index (κ2) is 9.29. The molecule has 1 aliphatic heterocycles. The molecule has 2 aromatic heterocycles. The molecule has 0 saturated carbocycles. The van der Waals surface area contributed by atoms with Crippen molar-refractivity contribution in [2.24, 2.45) is 0 Å². The highest BCUT2D eigenvalue weighted by Crippen LogP contribution is 2.28. The van der Waals surface area contributed by atoms with Crippen molar-refractivity contribution < 1.29 is 32.3 Å². The van der Waals surface area contributed by atoms with Crippen LogP contribution >= 0.6 is 15.9 Å². The number of amides is 2. The number of rotatable bonds is 5. The lowest BCUT2D eigenvalue weighted by molar-refractivity contribution is -0.200. The molecule has 176 valence electrons. The number of aromatic nitrogens is 2. The summed E-state index contributed by atoms with van der Waals surface area (Å²) >= 11 is 2.62. The van der Waals surface area contributed by atoms with Crippen molar-refractivity contribution in [2.45, 2.75) is 17.6 Å². The molecule has 0 aliphatic carbocycles. The Kier molecular flexibility index (Phi) is 6.42. The molecule has 3 N–H and O–H groups in total. The lowest BCUT2D eigenvalue weighted by Crippen LogP contribution is -2.33. The van der Waals surface area contributed by atoms with Crippen LogP contribution in [0.4, 0.5) is 18.9 Å². The molecule has 1 atom stereocenters. The number of hydrogen-bond acceptors (Lipinski definition) is 5. The van der Waals surface area contributed by atoms with Crippen LogP contribution in [0.2, 0.25) is 0 Å². The van der Waals surface area contributed by atoms with E-state index in [1.165, 1.54) is 6.07 Å². The summed E-state index contributed by atoms with van der Waals surface area (Å²) in [6, 6.07) is 11.8. The van der Waals surface area contributed by atoms with Gasteiger partial charge >= 0.3 is 12.1 Å². The summed E-state index contributed by atoms with van der Waals surface area (Å²) in [5, 5.41) is 3.35. The molecule has 3 heterocycles. The number of carbonyl (C=O) groups is 3. The number of pyridine rings is 1. The van der Waals surface area contributed by atoms with Crippen LogP contribution in [0, 0.1) is 0 Å². The first-order valence-electron chi connectivity index (χ1n) is 9.91. The average molecular weight is 537 g/mol. The maximum Gasteiger partial charge on any atom is 0.490 e. The normalized spacial score (nSPS) is 14.1. The fourth-order valence-electron chi connectivity index (χ4n) is 3.37. The highest BCUT2D eigenvalue weighted by atomic mass is 79.9. The van der Waals surface area contributed by atoms with Crippen molar-refractivity contribution in [2.75, 3.05) is 11.9 Å². The second-order valence-corrected chi connectivity index (χ2v) is 8.13. The lowest BCUT2D eigenvalue weighted by Gasteiger charge is -2.13.